The zero-order chi connectivity index (χ0) is 23.2. The molecule has 2 aromatic rings. The van der Waals surface area contributed by atoms with Crippen molar-refractivity contribution < 1.29 is 23.9 Å². The molecule has 10 heteroatoms. The Morgan fingerprint density at radius 3 is 2.25 bits per heavy atom. The summed E-state index contributed by atoms with van der Waals surface area (Å²) in [4.78, 5) is 12.5. The highest BCUT2D eigenvalue weighted by Crippen LogP contribution is 2.33. The number of anilines is 1. The molecule has 0 aliphatic heterocycles. The predicted octanol–water partition coefficient (Wildman–Crippen LogP) is 4.52. The number of nitro groups is 1. The fourth-order valence-electron chi connectivity index (χ4n) is 2.81. The molecule has 10 nitrogen and oxygen atoms in total. The third-order valence-electron chi connectivity index (χ3n) is 4.55. The van der Waals surface area contributed by atoms with Gasteiger partial charge in [0.25, 0.3) is 5.69 Å². The summed E-state index contributed by atoms with van der Waals surface area (Å²) in [6.45, 7) is 6.39. The molecule has 0 fully saturated rings. The van der Waals surface area contributed by atoms with Crippen LogP contribution >= 0.6 is 0 Å². The molecule has 0 unspecified atom stereocenters. The van der Waals surface area contributed by atoms with Crippen LogP contribution in [0.15, 0.2) is 52.7 Å². The lowest BCUT2D eigenvalue weighted by atomic mass is 10.2. The van der Waals surface area contributed by atoms with E-state index in [9.17, 15) is 10.1 Å². The van der Waals surface area contributed by atoms with Gasteiger partial charge in [0, 0.05) is 44.1 Å². The first-order chi connectivity index (χ1) is 15.6. The highest BCUT2D eigenvalue weighted by molar-refractivity contribution is 5.62. The number of benzene rings is 2. The van der Waals surface area contributed by atoms with Gasteiger partial charge in [0.1, 0.15) is 11.4 Å². The summed E-state index contributed by atoms with van der Waals surface area (Å²) in [5.41, 5.74) is 2.07. The fraction of sp³-hybridized carbons (Fsp3) is 0.455. The lowest BCUT2D eigenvalue weighted by Crippen LogP contribution is -2.27. The van der Waals surface area contributed by atoms with Crippen molar-refractivity contribution in [1.82, 2.24) is 0 Å². The molecule has 0 atom stereocenters. The van der Waals surface area contributed by atoms with E-state index in [0.29, 0.717) is 50.2 Å². The standard InChI is InChI=1S/C22H30N4O6/c1-4-25(11-12-31-15-16-32-14-13-29-2)20-9-10-21(22(17-20)30-3)24-23-18-5-7-19(8-6-18)26(27)28/h5-10,17H,4,11-16H2,1-3H3/b24-23+. The first-order valence-electron chi connectivity index (χ1n) is 10.3. The molecule has 0 spiro atoms. The smallest absolute Gasteiger partial charge is 0.269 e. The Morgan fingerprint density at radius 2 is 1.62 bits per heavy atom. The lowest BCUT2D eigenvalue weighted by molar-refractivity contribution is -0.384. The minimum atomic E-state index is -0.454. The topological polar surface area (TPSA) is 108 Å². The molecular weight excluding hydrogens is 416 g/mol. The number of azo groups is 1. The number of nitro benzene ring substituents is 1. The van der Waals surface area contributed by atoms with Gasteiger partial charge in [-0.25, -0.2) is 0 Å². The van der Waals surface area contributed by atoms with Gasteiger partial charge in [0.05, 0.1) is 50.8 Å². The van der Waals surface area contributed by atoms with Gasteiger partial charge >= 0.3 is 0 Å². The highest BCUT2D eigenvalue weighted by atomic mass is 16.6. The van der Waals surface area contributed by atoms with Gasteiger partial charge in [-0.15, -0.1) is 5.11 Å². The molecule has 0 bridgehead atoms. The van der Waals surface area contributed by atoms with E-state index in [-0.39, 0.29) is 5.69 Å². The van der Waals surface area contributed by atoms with Crippen LogP contribution in [0.25, 0.3) is 0 Å². The number of nitrogens with zero attached hydrogens (tertiary/aromatic N) is 4. The van der Waals surface area contributed by atoms with Crippen molar-refractivity contribution in [2.45, 2.75) is 6.92 Å². The van der Waals surface area contributed by atoms with E-state index in [0.717, 1.165) is 18.8 Å². The average Bonchev–Trinajstić information content (AvgIpc) is 2.82. The number of non-ortho nitro benzene ring substituents is 1. The van der Waals surface area contributed by atoms with Gasteiger partial charge in [-0.3, -0.25) is 10.1 Å². The predicted molar refractivity (Wildman–Crippen MR) is 122 cm³/mol. The molecule has 0 N–H and O–H groups in total. The van der Waals surface area contributed by atoms with Crippen LogP contribution in [0.1, 0.15) is 6.92 Å². The molecule has 0 saturated carbocycles. The van der Waals surface area contributed by atoms with Crippen molar-refractivity contribution in [2.75, 3.05) is 65.2 Å². The number of rotatable bonds is 15. The zero-order valence-electron chi connectivity index (χ0n) is 18.7. The Labute approximate surface area is 187 Å². The quantitative estimate of drug-likeness (QED) is 0.171. The molecule has 0 saturated heterocycles. The number of ether oxygens (including phenoxy) is 4. The molecular formula is C22H30N4O6. The Kier molecular flexibility index (Phi) is 11.1. The molecule has 0 aliphatic rings. The monoisotopic (exact) mass is 446 g/mol. The van der Waals surface area contributed by atoms with Crippen molar-refractivity contribution in [3.05, 3.63) is 52.6 Å². The van der Waals surface area contributed by atoms with Crippen LogP contribution in [-0.4, -0.2) is 65.3 Å². The third kappa shape index (κ3) is 8.22. The van der Waals surface area contributed by atoms with Crippen LogP contribution in [-0.2, 0) is 14.2 Å². The molecule has 0 aliphatic carbocycles. The Hall–Kier alpha value is -3.08. The van der Waals surface area contributed by atoms with E-state index in [1.54, 1.807) is 26.4 Å². The van der Waals surface area contributed by atoms with E-state index in [4.69, 9.17) is 18.9 Å². The maximum absolute atomic E-state index is 10.7. The summed E-state index contributed by atoms with van der Waals surface area (Å²) in [6.07, 6.45) is 0. The number of hydrogen-bond acceptors (Lipinski definition) is 9. The summed E-state index contributed by atoms with van der Waals surface area (Å²) < 4.78 is 21.4. The van der Waals surface area contributed by atoms with Gasteiger partial charge in [0.2, 0.25) is 0 Å². The molecule has 0 radical (unpaired) electrons. The number of likely N-dealkylation sites (N-methyl/N-ethyl adjacent to an activating group) is 1. The van der Waals surface area contributed by atoms with Crippen LogP contribution in [0, 0.1) is 10.1 Å². The van der Waals surface area contributed by atoms with Crippen molar-refractivity contribution in [2.24, 2.45) is 10.2 Å². The second kappa shape index (κ2) is 14.1. The molecule has 174 valence electrons. The Balaban J connectivity index is 1.93. The van der Waals surface area contributed by atoms with Crippen LogP contribution in [0.2, 0.25) is 0 Å². The van der Waals surface area contributed by atoms with Crippen molar-refractivity contribution >= 4 is 22.7 Å². The van der Waals surface area contributed by atoms with Crippen molar-refractivity contribution in [3.63, 3.8) is 0 Å². The lowest BCUT2D eigenvalue weighted by Gasteiger charge is -2.23. The number of hydrogen-bond donors (Lipinski definition) is 0. The third-order valence-corrected chi connectivity index (χ3v) is 4.55. The van der Waals surface area contributed by atoms with Gasteiger partial charge in [-0.05, 0) is 31.2 Å². The van der Waals surface area contributed by atoms with E-state index >= 15 is 0 Å². The maximum Gasteiger partial charge on any atom is 0.269 e. The van der Waals surface area contributed by atoms with Gasteiger partial charge < -0.3 is 23.8 Å². The van der Waals surface area contributed by atoms with E-state index in [2.05, 4.69) is 22.1 Å². The largest absolute Gasteiger partial charge is 0.494 e. The molecule has 0 heterocycles. The van der Waals surface area contributed by atoms with E-state index < -0.39 is 4.92 Å². The van der Waals surface area contributed by atoms with Gasteiger partial charge in [-0.2, -0.15) is 5.11 Å². The first-order valence-corrected chi connectivity index (χ1v) is 10.3. The van der Waals surface area contributed by atoms with Crippen LogP contribution in [0.4, 0.5) is 22.7 Å². The normalized spacial score (nSPS) is 11.1. The summed E-state index contributed by atoms with van der Waals surface area (Å²) in [5.74, 6) is 0.582. The maximum atomic E-state index is 10.7. The SMILES string of the molecule is CCN(CCOCCOCCOC)c1ccc(/N=N/c2ccc([N+](=O)[O-])cc2)c(OC)c1. The van der Waals surface area contributed by atoms with E-state index in [1.165, 1.54) is 12.1 Å². The molecule has 0 amide bonds. The number of methoxy groups -OCH3 is 2. The summed E-state index contributed by atoms with van der Waals surface area (Å²) in [6, 6.07) is 11.6. The molecule has 32 heavy (non-hydrogen) atoms. The zero-order valence-corrected chi connectivity index (χ0v) is 18.7. The second-order valence-electron chi connectivity index (χ2n) is 6.63. The summed E-state index contributed by atoms with van der Waals surface area (Å²) in [5, 5.41) is 19.1. The minimum Gasteiger partial charge on any atom is -0.494 e. The first kappa shape index (κ1) is 25.2. The van der Waals surface area contributed by atoms with Gasteiger partial charge in [-0.1, -0.05) is 0 Å². The van der Waals surface area contributed by atoms with Gasteiger partial charge in [0.15, 0.2) is 0 Å². The Bertz CT molecular complexity index is 860. The molecule has 2 aromatic carbocycles. The summed E-state index contributed by atoms with van der Waals surface area (Å²) >= 11 is 0. The van der Waals surface area contributed by atoms with Crippen molar-refractivity contribution in [3.8, 4) is 5.75 Å². The average molecular weight is 447 g/mol. The van der Waals surface area contributed by atoms with Crippen LogP contribution in [0.5, 0.6) is 5.75 Å². The highest BCUT2D eigenvalue weighted by Gasteiger charge is 2.10. The fourth-order valence-corrected chi connectivity index (χ4v) is 2.81. The minimum absolute atomic E-state index is 0.00754. The summed E-state index contributed by atoms with van der Waals surface area (Å²) in [7, 11) is 3.22. The van der Waals surface area contributed by atoms with Crippen molar-refractivity contribution in [1.29, 1.82) is 0 Å². The van der Waals surface area contributed by atoms with E-state index in [1.807, 2.05) is 18.2 Å². The molecule has 2 rings (SSSR count). The van der Waals surface area contributed by atoms with Crippen LogP contribution < -0.4 is 9.64 Å². The Morgan fingerprint density at radius 1 is 0.938 bits per heavy atom. The molecule has 0 aromatic heterocycles. The van der Waals surface area contributed by atoms with Crippen LogP contribution in [0.3, 0.4) is 0 Å². The second-order valence-corrected chi connectivity index (χ2v) is 6.63.